The van der Waals surface area contributed by atoms with Gasteiger partial charge >= 0.3 is 0 Å². The molecule has 0 spiro atoms. The predicted molar refractivity (Wildman–Crippen MR) is 56.7 cm³/mol. The molecule has 0 aliphatic rings. The van der Waals surface area contributed by atoms with Gasteiger partial charge in [-0.25, -0.2) is 8.42 Å². The van der Waals surface area contributed by atoms with E-state index in [2.05, 4.69) is 12.2 Å². The fourth-order valence-electron chi connectivity index (χ4n) is 0.971. The van der Waals surface area contributed by atoms with Crippen LogP contribution in [0.15, 0.2) is 0 Å². The maximum atomic E-state index is 11.4. The summed E-state index contributed by atoms with van der Waals surface area (Å²) in [7, 11) is -0.939. The third-order valence-electron chi connectivity index (χ3n) is 2.28. The van der Waals surface area contributed by atoms with Gasteiger partial charge in [0.05, 0.1) is 11.0 Å². The second-order valence-corrected chi connectivity index (χ2v) is 6.42. The lowest BCUT2D eigenvalue weighted by Gasteiger charge is -2.11. The first-order valence-electron chi connectivity index (χ1n) is 4.79. The number of hydrogen-bond acceptors (Lipinski definition) is 3. The third-order valence-corrected chi connectivity index (χ3v) is 4.57. The largest absolute Gasteiger partial charge is 0.317 e. The molecule has 0 bridgehead atoms. The summed E-state index contributed by atoms with van der Waals surface area (Å²) in [5.74, 6) is 0.316. The fourth-order valence-corrected chi connectivity index (χ4v) is 2.01. The molecule has 0 aliphatic carbocycles. The minimum atomic E-state index is -2.83. The topological polar surface area (TPSA) is 46.2 Å². The zero-order valence-corrected chi connectivity index (χ0v) is 9.82. The first-order valence-corrected chi connectivity index (χ1v) is 6.50. The van der Waals surface area contributed by atoms with Gasteiger partial charge < -0.3 is 5.32 Å². The van der Waals surface area contributed by atoms with E-state index >= 15 is 0 Å². The van der Waals surface area contributed by atoms with Crippen LogP contribution < -0.4 is 5.32 Å². The van der Waals surface area contributed by atoms with Crippen LogP contribution in [0, 0.1) is 0 Å². The number of sulfone groups is 1. The van der Waals surface area contributed by atoms with Crippen molar-refractivity contribution in [2.75, 3.05) is 12.8 Å². The Hall–Kier alpha value is -0.0900. The summed E-state index contributed by atoms with van der Waals surface area (Å²) in [5, 5.41) is 2.85. The smallest absolute Gasteiger partial charge is 0.152 e. The molecular weight excluding hydrogens is 186 g/mol. The monoisotopic (exact) mass is 207 g/mol. The number of nitrogens with one attached hydrogen (secondary N) is 1. The molecule has 1 unspecified atom stereocenters. The molecule has 0 radical (unpaired) electrons. The Balaban J connectivity index is 3.78. The molecule has 0 heterocycles. The van der Waals surface area contributed by atoms with Crippen LogP contribution in [0.25, 0.3) is 0 Å². The van der Waals surface area contributed by atoms with E-state index < -0.39 is 9.84 Å². The Labute approximate surface area is 81.8 Å². The quantitative estimate of drug-likeness (QED) is 0.712. The Morgan fingerprint density at radius 3 is 2.15 bits per heavy atom. The molecular formula is C9H21NO2S. The maximum Gasteiger partial charge on any atom is 0.152 e. The molecule has 4 heteroatoms. The van der Waals surface area contributed by atoms with Crippen LogP contribution in [0.2, 0.25) is 0 Å². The Bertz CT molecular complexity index is 222. The fraction of sp³-hybridized carbons (Fsp3) is 1.00. The van der Waals surface area contributed by atoms with Crippen molar-refractivity contribution in [2.45, 2.75) is 44.9 Å². The van der Waals surface area contributed by atoms with Crippen LogP contribution in [0.3, 0.4) is 0 Å². The van der Waals surface area contributed by atoms with Crippen molar-refractivity contribution < 1.29 is 8.42 Å². The van der Waals surface area contributed by atoms with Crippen LogP contribution in [0.5, 0.6) is 0 Å². The van der Waals surface area contributed by atoms with E-state index in [-0.39, 0.29) is 5.25 Å². The molecule has 80 valence electrons. The molecule has 13 heavy (non-hydrogen) atoms. The van der Waals surface area contributed by atoms with Gasteiger partial charge in [-0.05, 0) is 40.7 Å². The maximum absolute atomic E-state index is 11.4. The SMILES string of the molecule is CNC(C)CCCS(=O)(=O)C(C)C. The number of rotatable bonds is 6. The van der Waals surface area contributed by atoms with Gasteiger partial charge in [-0.3, -0.25) is 0 Å². The Kier molecular flexibility index (Phi) is 5.56. The summed E-state index contributed by atoms with van der Waals surface area (Å²) < 4.78 is 22.8. The zero-order valence-electron chi connectivity index (χ0n) is 9.00. The van der Waals surface area contributed by atoms with Crippen LogP contribution in [0.1, 0.15) is 33.6 Å². The van der Waals surface area contributed by atoms with Crippen molar-refractivity contribution in [3.63, 3.8) is 0 Å². The molecule has 3 nitrogen and oxygen atoms in total. The molecule has 0 saturated carbocycles. The molecule has 1 N–H and O–H groups in total. The van der Waals surface area contributed by atoms with Gasteiger partial charge in [-0.1, -0.05) is 0 Å². The molecule has 0 aromatic carbocycles. The van der Waals surface area contributed by atoms with Gasteiger partial charge in [0.25, 0.3) is 0 Å². The van der Waals surface area contributed by atoms with Gasteiger partial charge in [-0.2, -0.15) is 0 Å². The molecule has 0 saturated heterocycles. The lowest BCUT2D eigenvalue weighted by molar-refractivity contribution is 0.546. The minimum absolute atomic E-state index is 0.239. The Morgan fingerprint density at radius 2 is 1.77 bits per heavy atom. The van der Waals surface area contributed by atoms with Gasteiger partial charge in [0.15, 0.2) is 9.84 Å². The standard InChI is InChI=1S/C9H21NO2S/c1-8(2)13(11,12)7-5-6-9(3)10-4/h8-10H,5-7H2,1-4H3. The number of hydrogen-bond donors (Lipinski definition) is 1. The minimum Gasteiger partial charge on any atom is -0.317 e. The van der Waals surface area contributed by atoms with Crippen molar-refractivity contribution in [2.24, 2.45) is 0 Å². The van der Waals surface area contributed by atoms with Crippen LogP contribution >= 0.6 is 0 Å². The molecule has 0 rings (SSSR count). The first kappa shape index (κ1) is 12.9. The summed E-state index contributed by atoms with van der Waals surface area (Å²) in [6.07, 6.45) is 1.67. The lowest BCUT2D eigenvalue weighted by atomic mass is 10.2. The van der Waals surface area contributed by atoms with E-state index in [1.165, 1.54) is 0 Å². The van der Waals surface area contributed by atoms with Gasteiger partial charge in [0.1, 0.15) is 0 Å². The molecule has 0 aromatic rings. The highest BCUT2D eigenvalue weighted by atomic mass is 32.2. The van der Waals surface area contributed by atoms with Crippen molar-refractivity contribution in [3.05, 3.63) is 0 Å². The summed E-state index contributed by atoms with van der Waals surface area (Å²) in [5.41, 5.74) is 0. The molecule has 1 atom stereocenters. The van der Waals surface area contributed by atoms with E-state index in [1.54, 1.807) is 13.8 Å². The summed E-state index contributed by atoms with van der Waals surface area (Å²) in [6, 6.07) is 0.405. The van der Waals surface area contributed by atoms with Crippen LogP contribution in [0.4, 0.5) is 0 Å². The van der Waals surface area contributed by atoms with Gasteiger partial charge in [0, 0.05) is 6.04 Å². The van der Waals surface area contributed by atoms with Crippen LogP contribution in [-0.2, 0) is 9.84 Å². The second kappa shape index (κ2) is 5.60. The van der Waals surface area contributed by atoms with Crippen molar-refractivity contribution >= 4 is 9.84 Å². The Morgan fingerprint density at radius 1 is 1.23 bits per heavy atom. The van der Waals surface area contributed by atoms with E-state index in [1.807, 2.05) is 7.05 Å². The van der Waals surface area contributed by atoms with Gasteiger partial charge in [-0.15, -0.1) is 0 Å². The van der Waals surface area contributed by atoms with Crippen molar-refractivity contribution in [1.29, 1.82) is 0 Å². The zero-order chi connectivity index (χ0) is 10.5. The predicted octanol–water partition coefficient (Wildman–Crippen LogP) is 1.20. The summed E-state index contributed by atoms with van der Waals surface area (Å²) >= 11 is 0. The van der Waals surface area contributed by atoms with Gasteiger partial charge in [0.2, 0.25) is 0 Å². The highest BCUT2D eigenvalue weighted by Crippen LogP contribution is 2.05. The van der Waals surface area contributed by atoms with Crippen molar-refractivity contribution in [1.82, 2.24) is 5.32 Å². The molecule has 0 aliphatic heterocycles. The van der Waals surface area contributed by atoms with E-state index in [0.717, 1.165) is 12.8 Å². The highest BCUT2D eigenvalue weighted by molar-refractivity contribution is 7.91. The third kappa shape index (κ3) is 5.26. The van der Waals surface area contributed by atoms with Crippen LogP contribution in [-0.4, -0.2) is 32.5 Å². The molecule has 0 fully saturated rings. The molecule has 0 amide bonds. The molecule has 0 aromatic heterocycles. The highest BCUT2D eigenvalue weighted by Gasteiger charge is 2.15. The summed E-state index contributed by atoms with van der Waals surface area (Å²) in [6.45, 7) is 5.52. The first-order chi connectivity index (χ1) is 5.90. The second-order valence-electron chi connectivity index (χ2n) is 3.75. The van der Waals surface area contributed by atoms with E-state index in [9.17, 15) is 8.42 Å². The average Bonchev–Trinajstić information content (AvgIpc) is 2.03. The van der Waals surface area contributed by atoms with E-state index in [0.29, 0.717) is 11.8 Å². The normalized spacial score (nSPS) is 14.8. The van der Waals surface area contributed by atoms with Crippen molar-refractivity contribution in [3.8, 4) is 0 Å². The average molecular weight is 207 g/mol. The van der Waals surface area contributed by atoms with E-state index in [4.69, 9.17) is 0 Å². The summed E-state index contributed by atoms with van der Waals surface area (Å²) in [4.78, 5) is 0. The lowest BCUT2D eigenvalue weighted by Crippen LogP contribution is -2.23.